The predicted octanol–water partition coefficient (Wildman–Crippen LogP) is 3.71. The fourth-order valence-electron chi connectivity index (χ4n) is 3.86. The van der Waals surface area contributed by atoms with Crippen molar-refractivity contribution in [2.45, 2.75) is 63.6 Å². The van der Waals surface area contributed by atoms with Gasteiger partial charge in [-0.15, -0.1) is 0 Å². The van der Waals surface area contributed by atoms with Crippen molar-refractivity contribution in [2.24, 2.45) is 5.92 Å². The molecule has 4 atom stereocenters. The molecule has 1 aliphatic carbocycles. The molecule has 0 aromatic carbocycles. The number of hydrogen-bond acceptors (Lipinski definition) is 3. The molecular weight excluding hydrogens is 252 g/mol. The Morgan fingerprint density at radius 1 is 1.26 bits per heavy atom. The van der Waals surface area contributed by atoms with E-state index in [2.05, 4.69) is 34.4 Å². The summed E-state index contributed by atoms with van der Waals surface area (Å²) in [5.74, 6) is 0.849. The van der Waals surface area contributed by atoms with Gasteiger partial charge in [0, 0.05) is 18.1 Å². The van der Waals surface area contributed by atoms with E-state index in [0.29, 0.717) is 12.1 Å². The van der Waals surface area contributed by atoms with Crippen LogP contribution in [0, 0.1) is 5.92 Å². The second-order valence-corrected chi connectivity index (χ2v) is 6.98. The largest absolute Gasteiger partial charge is 0.314 e. The zero-order valence-electron chi connectivity index (χ0n) is 11.9. The summed E-state index contributed by atoms with van der Waals surface area (Å²) >= 11 is 1.80. The minimum atomic E-state index is 0.500. The van der Waals surface area contributed by atoms with Crippen LogP contribution in [0.15, 0.2) is 16.8 Å². The highest BCUT2D eigenvalue weighted by Gasteiger charge is 2.34. The van der Waals surface area contributed by atoms with Crippen LogP contribution in [0.2, 0.25) is 0 Å². The van der Waals surface area contributed by atoms with Gasteiger partial charge in [0.15, 0.2) is 0 Å². The van der Waals surface area contributed by atoms with Crippen LogP contribution in [0.4, 0.5) is 0 Å². The molecule has 106 valence electrons. The van der Waals surface area contributed by atoms with Crippen molar-refractivity contribution < 1.29 is 0 Å². The maximum absolute atomic E-state index is 3.90. The highest BCUT2D eigenvalue weighted by molar-refractivity contribution is 7.07. The first-order chi connectivity index (χ1) is 9.34. The smallest absolute Gasteiger partial charge is 0.0302 e. The summed E-state index contributed by atoms with van der Waals surface area (Å²) in [6.07, 6.45) is 8.34. The highest BCUT2D eigenvalue weighted by atomic mass is 32.1. The second kappa shape index (κ2) is 6.38. The van der Waals surface area contributed by atoms with E-state index in [1.54, 1.807) is 11.3 Å². The Morgan fingerprint density at radius 3 is 2.95 bits per heavy atom. The molecule has 2 N–H and O–H groups in total. The third-order valence-corrected chi connectivity index (χ3v) is 5.64. The second-order valence-electron chi connectivity index (χ2n) is 6.20. The van der Waals surface area contributed by atoms with E-state index >= 15 is 0 Å². The first-order valence-electron chi connectivity index (χ1n) is 7.86. The van der Waals surface area contributed by atoms with Crippen LogP contribution < -0.4 is 10.6 Å². The van der Waals surface area contributed by atoms with E-state index in [-0.39, 0.29) is 0 Å². The number of hydrogen-bond donors (Lipinski definition) is 2. The number of piperidine rings is 1. The van der Waals surface area contributed by atoms with Crippen LogP contribution in [0.5, 0.6) is 0 Å². The molecule has 1 aromatic rings. The van der Waals surface area contributed by atoms with Gasteiger partial charge >= 0.3 is 0 Å². The third-order valence-electron chi connectivity index (χ3n) is 4.94. The lowest BCUT2D eigenvalue weighted by Crippen LogP contribution is -2.47. The Labute approximate surface area is 121 Å². The summed E-state index contributed by atoms with van der Waals surface area (Å²) in [6.45, 7) is 3.54. The minimum absolute atomic E-state index is 0.500. The number of rotatable bonds is 4. The monoisotopic (exact) mass is 278 g/mol. The van der Waals surface area contributed by atoms with Crippen molar-refractivity contribution >= 4 is 11.3 Å². The van der Waals surface area contributed by atoms with Gasteiger partial charge in [0.1, 0.15) is 0 Å². The van der Waals surface area contributed by atoms with Gasteiger partial charge in [-0.3, -0.25) is 0 Å². The molecule has 1 saturated carbocycles. The summed E-state index contributed by atoms with van der Waals surface area (Å²) in [5, 5.41) is 12.1. The molecule has 2 heterocycles. The normalized spacial score (nSPS) is 33.4. The van der Waals surface area contributed by atoms with Crippen molar-refractivity contribution in [3.8, 4) is 0 Å². The van der Waals surface area contributed by atoms with Gasteiger partial charge in [0.2, 0.25) is 0 Å². The van der Waals surface area contributed by atoms with Gasteiger partial charge in [0.25, 0.3) is 0 Å². The summed E-state index contributed by atoms with van der Waals surface area (Å²) in [7, 11) is 0. The lowest BCUT2D eigenvalue weighted by atomic mass is 9.88. The first-order valence-corrected chi connectivity index (χ1v) is 8.80. The van der Waals surface area contributed by atoms with Crippen molar-refractivity contribution in [1.29, 1.82) is 0 Å². The lowest BCUT2D eigenvalue weighted by molar-refractivity contribution is 0.248. The van der Waals surface area contributed by atoms with Crippen molar-refractivity contribution in [3.05, 3.63) is 22.4 Å². The van der Waals surface area contributed by atoms with E-state index in [1.165, 1.54) is 50.6 Å². The Bertz CT molecular complexity index is 370. The molecule has 1 aromatic heterocycles. The predicted molar refractivity (Wildman–Crippen MR) is 82.6 cm³/mol. The summed E-state index contributed by atoms with van der Waals surface area (Å²) in [4.78, 5) is 0. The van der Waals surface area contributed by atoms with Gasteiger partial charge in [-0.1, -0.05) is 12.8 Å². The molecule has 2 fully saturated rings. The Morgan fingerprint density at radius 2 is 2.21 bits per heavy atom. The van der Waals surface area contributed by atoms with Crippen LogP contribution >= 0.6 is 11.3 Å². The fourth-order valence-corrected chi connectivity index (χ4v) is 4.61. The molecule has 2 aliphatic rings. The molecule has 0 spiro atoms. The number of thiophene rings is 1. The minimum Gasteiger partial charge on any atom is -0.314 e. The molecule has 0 bridgehead atoms. The highest BCUT2D eigenvalue weighted by Crippen LogP contribution is 2.33. The van der Waals surface area contributed by atoms with E-state index in [4.69, 9.17) is 0 Å². The molecule has 1 aliphatic heterocycles. The average molecular weight is 278 g/mol. The Balaban J connectivity index is 1.59. The molecule has 4 unspecified atom stereocenters. The SMILES string of the molecule is CC(NC1CCCC1C1CCCCN1)c1ccsc1. The molecule has 2 nitrogen and oxygen atoms in total. The standard InChI is InChI=1S/C16H26N2S/c1-12(13-8-10-19-11-13)18-16-7-4-5-14(16)15-6-2-3-9-17-15/h8,10-12,14-18H,2-7,9H2,1H3. The van der Waals surface area contributed by atoms with E-state index in [0.717, 1.165) is 12.0 Å². The molecule has 19 heavy (non-hydrogen) atoms. The van der Waals surface area contributed by atoms with Crippen molar-refractivity contribution in [2.75, 3.05) is 6.54 Å². The third kappa shape index (κ3) is 3.21. The molecule has 0 radical (unpaired) electrons. The Hall–Kier alpha value is -0.380. The zero-order valence-corrected chi connectivity index (χ0v) is 12.7. The summed E-state index contributed by atoms with van der Waals surface area (Å²) < 4.78 is 0. The molecule has 0 amide bonds. The first kappa shape index (κ1) is 13.6. The van der Waals surface area contributed by atoms with Crippen LogP contribution in [-0.4, -0.2) is 18.6 Å². The van der Waals surface area contributed by atoms with Crippen LogP contribution in [0.3, 0.4) is 0 Å². The molecule has 3 heteroatoms. The van der Waals surface area contributed by atoms with Crippen LogP contribution in [0.1, 0.15) is 57.1 Å². The van der Waals surface area contributed by atoms with E-state index in [9.17, 15) is 0 Å². The van der Waals surface area contributed by atoms with Gasteiger partial charge < -0.3 is 10.6 Å². The van der Waals surface area contributed by atoms with Gasteiger partial charge in [-0.2, -0.15) is 11.3 Å². The van der Waals surface area contributed by atoms with E-state index in [1.807, 2.05) is 0 Å². The maximum Gasteiger partial charge on any atom is 0.0302 e. The molecule has 3 rings (SSSR count). The fraction of sp³-hybridized carbons (Fsp3) is 0.750. The average Bonchev–Trinajstić information content (AvgIpc) is 3.11. The van der Waals surface area contributed by atoms with Crippen molar-refractivity contribution in [1.82, 2.24) is 10.6 Å². The number of nitrogens with one attached hydrogen (secondary N) is 2. The van der Waals surface area contributed by atoms with Gasteiger partial charge in [0.05, 0.1) is 0 Å². The quantitative estimate of drug-likeness (QED) is 0.877. The summed E-state index contributed by atoms with van der Waals surface area (Å²) in [6, 6.07) is 4.24. The maximum atomic E-state index is 3.90. The van der Waals surface area contributed by atoms with E-state index < -0.39 is 0 Å². The van der Waals surface area contributed by atoms with Crippen molar-refractivity contribution in [3.63, 3.8) is 0 Å². The topological polar surface area (TPSA) is 24.1 Å². The summed E-state index contributed by atoms with van der Waals surface area (Å²) in [5.41, 5.74) is 1.45. The van der Waals surface area contributed by atoms with Gasteiger partial charge in [-0.25, -0.2) is 0 Å². The molecular formula is C16H26N2S. The van der Waals surface area contributed by atoms with Crippen LogP contribution in [-0.2, 0) is 0 Å². The van der Waals surface area contributed by atoms with Crippen LogP contribution in [0.25, 0.3) is 0 Å². The Kier molecular flexibility index (Phi) is 4.57. The van der Waals surface area contributed by atoms with Gasteiger partial charge in [-0.05, 0) is 67.5 Å². The zero-order chi connectivity index (χ0) is 13.1. The molecule has 1 saturated heterocycles. The lowest BCUT2D eigenvalue weighted by Gasteiger charge is -2.34.